The molecule has 1 N–H and O–H groups in total. The van der Waals surface area contributed by atoms with E-state index < -0.39 is 20.0 Å². The molecule has 1 heterocycles. The van der Waals surface area contributed by atoms with E-state index in [1.807, 2.05) is 6.07 Å². The Kier molecular flexibility index (Phi) is 2.50. The Morgan fingerprint density at radius 1 is 1.04 bits per heavy atom. The Balaban J connectivity index is 1.89. The number of fused-ring (bicyclic) bond motifs is 5. The van der Waals surface area contributed by atoms with Crippen LogP contribution in [-0.4, -0.2) is 25.6 Å². The summed E-state index contributed by atoms with van der Waals surface area (Å²) < 4.78 is 12.6. The number of benzene rings is 2. The molecule has 4 atom stereocenters. The second-order valence-corrected chi connectivity index (χ2v) is 12.2. The molecule has 5 rings (SSSR count). The molecule has 1 fully saturated rings. The highest BCUT2D eigenvalue weighted by Gasteiger charge is 2.65. The van der Waals surface area contributed by atoms with Gasteiger partial charge in [0, 0.05) is 5.56 Å². The predicted octanol–water partition coefficient (Wildman–Crippen LogP) is 3.58. The second kappa shape index (κ2) is 4.14. The van der Waals surface area contributed by atoms with Crippen LogP contribution in [0.4, 0.5) is 0 Å². The van der Waals surface area contributed by atoms with Gasteiger partial charge in [0.1, 0.15) is 23.9 Å². The van der Waals surface area contributed by atoms with Gasteiger partial charge >= 0.3 is 0 Å². The Labute approximate surface area is 137 Å². The third kappa shape index (κ3) is 1.64. The fourth-order valence-electron chi connectivity index (χ4n) is 4.42. The molecule has 0 radical (unpaired) electrons. The highest BCUT2D eigenvalue weighted by atomic mass is 28.4. The first-order valence-electron chi connectivity index (χ1n) is 8.20. The second-order valence-electron chi connectivity index (χ2n) is 7.73. The molecule has 0 bridgehead atoms. The zero-order valence-electron chi connectivity index (χ0n) is 13.5. The van der Waals surface area contributed by atoms with E-state index in [1.165, 1.54) is 16.7 Å². The highest BCUT2D eigenvalue weighted by molar-refractivity contribution is 6.69. The predicted molar refractivity (Wildman–Crippen MR) is 90.7 cm³/mol. The van der Waals surface area contributed by atoms with E-state index in [4.69, 9.17) is 9.16 Å². The van der Waals surface area contributed by atoms with Gasteiger partial charge in [0.2, 0.25) is 0 Å². The molecular formula is C19H20O3Si. The zero-order chi connectivity index (χ0) is 16.0. The van der Waals surface area contributed by atoms with Crippen LogP contribution < -0.4 is 0 Å². The monoisotopic (exact) mass is 324 g/mol. The SMILES string of the molecule is C[Si](C)(C)O[C@@]12c3ccccc3-c3cccc(c31)[C@H]1O[C@H]1C2O. The summed E-state index contributed by atoms with van der Waals surface area (Å²) in [6, 6.07) is 14.7. The summed E-state index contributed by atoms with van der Waals surface area (Å²) in [4.78, 5) is 0. The first kappa shape index (κ1) is 13.9. The first-order chi connectivity index (χ1) is 10.9. The molecule has 3 aliphatic rings. The van der Waals surface area contributed by atoms with E-state index in [9.17, 15) is 5.11 Å². The van der Waals surface area contributed by atoms with Gasteiger partial charge in [0.15, 0.2) is 8.32 Å². The summed E-state index contributed by atoms with van der Waals surface area (Å²) in [5.41, 5.74) is 5.01. The summed E-state index contributed by atoms with van der Waals surface area (Å²) in [6.07, 6.45) is -0.788. The molecule has 4 heteroatoms. The number of hydrogen-bond donors (Lipinski definition) is 1. The molecule has 1 aliphatic heterocycles. The van der Waals surface area contributed by atoms with Gasteiger partial charge in [0.05, 0.1) is 0 Å². The Hall–Kier alpha value is -1.46. The van der Waals surface area contributed by atoms with Crippen LogP contribution in [0.5, 0.6) is 0 Å². The Bertz CT molecular complexity index is 826. The summed E-state index contributed by atoms with van der Waals surface area (Å²) in [5, 5.41) is 11.2. The van der Waals surface area contributed by atoms with Crippen LogP contribution in [0.1, 0.15) is 22.8 Å². The molecule has 0 aromatic heterocycles. The summed E-state index contributed by atoms with van der Waals surface area (Å²) in [5.74, 6) is 0. The average molecular weight is 324 g/mol. The number of epoxide rings is 1. The van der Waals surface area contributed by atoms with Crippen molar-refractivity contribution in [1.82, 2.24) is 0 Å². The van der Waals surface area contributed by atoms with Crippen LogP contribution in [0.15, 0.2) is 42.5 Å². The van der Waals surface area contributed by atoms with Crippen molar-refractivity contribution in [1.29, 1.82) is 0 Å². The maximum absolute atomic E-state index is 11.2. The zero-order valence-corrected chi connectivity index (χ0v) is 14.5. The summed E-state index contributed by atoms with van der Waals surface area (Å²) in [7, 11) is -1.91. The number of rotatable bonds is 2. The van der Waals surface area contributed by atoms with E-state index >= 15 is 0 Å². The molecule has 2 aromatic carbocycles. The van der Waals surface area contributed by atoms with Gasteiger partial charge in [-0.15, -0.1) is 0 Å². The van der Waals surface area contributed by atoms with E-state index in [-0.39, 0.29) is 12.2 Å². The number of aliphatic hydroxyl groups excluding tert-OH is 1. The quantitative estimate of drug-likeness (QED) is 0.678. The van der Waals surface area contributed by atoms with Crippen molar-refractivity contribution in [2.24, 2.45) is 0 Å². The molecule has 23 heavy (non-hydrogen) atoms. The van der Waals surface area contributed by atoms with Crippen molar-refractivity contribution in [2.45, 2.75) is 43.6 Å². The summed E-state index contributed by atoms with van der Waals surface area (Å²) >= 11 is 0. The molecule has 1 saturated heterocycles. The van der Waals surface area contributed by atoms with E-state index in [0.29, 0.717) is 0 Å². The van der Waals surface area contributed by atoms with Crippen molar-refractivity contribution in [3.63, 3.8) is 0 Å². The fourth-order valence-corrected chi connectivity index (χ4v) is 5.72. The van der Waals surface area contributed by atoms with Gasteiger partial charge in [-0.1, -0.05) is 42.5 Å². The molecule has 0 amide bonds. The van der Waals surface area contributed by atoms with Crippen molar-refractivity contribution >= 4 is 8.32 Å². The standard InChI is InChI=1S/C19H20O3Si/c1-23(2,3)22-19-14-10-5-4-7-11(14)12-8-6-9-13(15(12)19)16-17(21-16)18(19)20/h4-10,16-18,20H,1-3H3/t16-,17-,18?,19+/m1/s1. The van der Waals surface area contributed by atoms with Gasteiger partial charge in [-0.3, -0.25) is 0 Å². The lowest BCUT2D eigenvalue weighted by Gasteiger charge is -2.43. The lowest BCUT2D eigenvalue weighted by Crippen LogP contribution is -2.52. The molecule has 0 spiro atoms. The van der Waals surface area contributed by atoms with Crippen LogP contribution in [0.2, 0.25) is 19.6 Å². The normalized spacial score (nSPS) is 33.0. The lowest BCUT2D eigenvalue weighted by molar-refractivity contribution is -0.0476. The third-order valence-electron chi connectivity index (χ3n) is 5.11. The Morgan fingerprint density at radius 2 is 1.78 bits per heavy atom. The van der Waals surface area contributed by atoms with E-state index in [0.717, 1.165) is 11.1 Å². The lowest BCUT2D eigenvalue weighted by atomic mass is 9.76. The largest absolute Gasteiger partial charge is 0.402 e. The maximum atomic E-state index is 11.2. The molecule has 2 aromatic rings. The van der Waals surface area contributed by atoms with Crippen molar-refractivity contribution in [2.75, 3.05) is 0 Å². The topological polar surface area (TPSA) is 42.0 Å². The molecule has 1 unspecified atom stereocenters. The minimum atomic E-state index is -1.91. The highest BCUT2D eigenvalue weighted by Crippen LogP contribution is 2.63. The molecule has 3 nitrogen and oxygen atoms in total. The van der Waals surface area contributed by atoms with E-state index in [1.54, 1.807) is 0 Å². The van der Waals surface area contributed by atoms with Crippen LogP contribution in [0.25, 0.3) is 11.1 Å². The summed E-state index contributed by atoms with van der Waals surface area (Å²) in [6.45, 7) is 6.53. The minimum Gasteiger partial charge on any atom is -0.402 e. The van der Waals surface area contributed by atoms with Crippen molar-refractivity contribution in [3.8, 4) is 11.1 Å². The van der Waals surface area contributed by atoms with Crippen LogP contribution in [0.3, 0.4) is 0 Å². The Morgan fingerprint density at radius 3 is 2.57 bits per heavy atom. The number of hydrogen-bond acceptors (Lipinski definition) is 3. The third-order valence-corrected chi connectivity index (χ3v) is 6.05. The van der Waals surface area contributed by atoms with Crippen LogP contribution in [0, 0.1) is 0 Å². The van der Waals surface area contributed by atoms with Gasteiger partial charge in [-0.2, -0.15) is 0 Å². The first-order valence-corrected chi connectivity index (χ1v) is 11.6. The fraction of sp³-hybridized carbons (Fsp3) is 0.368. The van der Waals surface area contributed by atoms with Crippen LogP contribution in [-0.2, 0) is 14.8 Å². The molecule has 118 valence electrons. The van der Waals surface area contributed by atoms with Crippen molar-refractivity contribution < 1.29 is 14.3 Å². The minimum absolute atomic E-state index is 0.0209. The number of ether oxygens (including phenoxy) is 1. The maximum Gasteiger partial charge on any atom is 0.185 e. The van der Waals surface area contributed by atoms with Gasteiger partial charge < -0.3 is 14.3 Å². The molecule has 2 aliphatic carbocycles. The van der Waals surface area contributed by atoms with Crippen molar-refractivity contribution in [3.05, 3.63) is 59.2 Å². The smallest absolute Gasteiger partial charge is 0.185 e. The van der Waals surface area contributed by atoms with E-state index in [2.05, 4.69) is 56.0 Å². The molecular weight excluding hydrogens is 304 g/mol. The average Bonchev–Trinajstić information content (AvgIpc) is 3.26. The van der Waals surface area contributed by atoms with Gasteiger partial charge in [-0.05, 0) is 41.9 Å². The molecule has 0 saturated carbocycles. The number of aliphatic hydroxyl groups is 1. The van der Waals surface area contributed by atoms with Crippen LogP contribution >= 0.6 is 0 Å². The van der Waals surface area contributed by atoms with Gasteiger partial charge in [0.25, 0.3) is 0 Å². The van der Waals surface area contributed by atoms with Gasteiger partial charge in [-0.25, -0.2) is 0 Å².